The molecule has 0 aliphatic rings. The molecule has 0 amide bonds. The number of carbonyl (C=O) groups is 2. The summed E-state index contributed by atoms with van der Waals surface area (Å²) in [5, 5.41) is 28.6. The van der Waals surface area contributed by atoms with E-state index in [9.17, 15) is 24.9 Å². The van der Waals surface area contributed by atoms with Gasteiger partial charge in [-0.05, 0) is 38.7 Å². The van der Waals surface area contributed by atoms with Gasteiger partial charge in [-0.15, -0.1) is 0 Å². The number of hydrogen-bond acceptors (Lipinski definition) is 6. The third-order valence-corrected chi connectivity index (χ3v) is 3.27. The zero-order chi connectivity index (χ0) is 17.1. The molecule has 0 heterocycles. The van der Waals surface area contributed by atoms with Crippen LogP contribution in [0.2, 0.25) is 0 Å². The van der Waals surface area contributed by atoms with E-state index >= 15 is 0 Å². The topological polar surface area (TPSA) is 104 Å². The monoisotopic (exact) mass is 316 g/mol. The molecule has 22 heavy (non-hydrogen) atoms. The smallest absolute Gasteiger partial charge is 0.350 e. The minimum atomic E-state index is -1.84. The summed E-state index contributed by atoms with van der Waals surface area (Å²) in [7, 11) is 0. The fourth-order valence-corrected chi connectivity index (χ4v) is 1.86. The van der Waals surface area contributed by atoms with E-state index in [0.717, 1.165) is 19.3 Å². The first-order valence-corrected chi connectivity index (χ1v) is 7.76. The highest BCUT2D eigenvalue weighted by Gasteiger charge is 2.24. The van der Waals surface area contributed by atoms with E-state index in [4.69, 9.17) is 0 Å². The van der Waals surface area contributed by atoms with Gasteiger partial charge in [0, 0.05) is 6.42 Å². The summed E-state index contributed by atoms with van der Waals surface area (Å²) in [5.74, 6) is -2.47. The van der Waals surface area contributed by atoms with Crippen molar-refractivity contribution in [3.8, 4) is 0 Å². The maximum atomic E-state index is 11.5. The highest BCUT2D eigenvalue weighted by atomic mass is 16.6. The lowest BCUT2D eigenvalue weighted by Crippen LogP contribution is -2.28. The summed E-state index contributed by atoms with van der Waals surface area (Å²) in [6.07, 6.45) is 2.38. The first-order chi connectivity index (χ1) is 10.3. The minimum absolute atomic E-state index is 0.0150. The van der Waals surface area contributed by atoms with Crippen LogP contribution in [0.15, 0.2) is 11.3 Å². The van der Waals surface area contributed by atoms with E-state index in [2.05, 4.69) is 11.7 Å². The number of rotatable bonds is 10. The largest absolute Gasteiger partial charge is 0.509 e. The van der Waals surface area contributed by atoms with E-state index in [1.807, 2.05) is 0 Å². The predicted molar refractivity (Wildman–Crippen MR) is 82.1 cm³/mol. The van der Waals surface area contributed by atoms with Gasteiger partial charge in [0.15, 0.2) is 0 Å². The molecule has 0 bridgehead atoms. The van der Waals surface area contributed by atoms with E-state index in [1.54, 1.807) is 0 Å². The Morgan fingerprint density at radius 2 is 1.64 bits per heavy atom. The molecular formula is C16H28O6. The summed E-state index contributed by atoms with van der Waals surface area (Å²) in [5.41, 5.74) is 0.368. The number of carbonyl (C=O) groups excluding carboxylic acids is 2. The predicted octanol–water partition coefficient (Wildman–Crippen LogP) is 2.38. The molecule has 3 N–H and O–H groups in total. The average molecular weight is 316 g/mol. The number of unbranched alkanes of at least 4 members (excludes halogenated alkanes) is 2. The molecule has 0 aliphatic heterocycles. The molecule has 6 nitrogen and oxygen atoms in total. The lowest BCUT2D eigenvalue weighted by atomic mass is 10.1. The molecule has 6 heteroatoms. The minimum Gasteiger partial charge on any atom is -0.509 e. The Bertz CT molecular complexity index is 384. The summed E-state index contributed by atoms with van der Waals surface area (Å²) in [6.45, 7) is 5.13. The second-order valence-corrected chi connectivity index (χ2v) is 5.62. The van der Waals surface area contributed by atoms with Crippen molar-refractivity contribution >= 4 is 11.9 Å². The fourth-order valence-electron chi connectivity index (χ4n) is 1.86. The molecule has 0 rings (SSSR count). The van der Waals surface area contributed by atoms with Crippen LogP contribution in [-0.2, 0) is 14.3 Å². The molecule has 0 fully saturated rings. The quantitative estimate of drug-likeness (QED) is 0.247. The average Bonchev–Trinajstić information content (AvgIpc) is 2.45. The van der Waals surface area contributed by atoms with Gasteiger partial charge < -0.3 is 20.1 Å². The summed E-state index contributed by atoms with van der Waals surface area (Å²) < 4.78 is 4.46. The number of aliphatic hydroxyl groups excluding tert-OH is 3. The van der Waals surface area contributed by atoms with Crippen LogP contribution in [0.1, 0.15) is 65.7 Å². The standard InChI is InChI=1S/C16H28O6/c1-4-5-6-8-12(17)9-7-10-13(18)22-16(21)15(20)14(19)11(2)3/h12,15,17,19-20H,4-10H2,1-3H3. The molecule has 0 saturated carbocycles. The molecule has 2 unspecified atom stereocenters. The van der Waals surface area contributed by atoms with Crippen LogP contribution in [0.25, 0.3) is 0 Å². The Labute approximate surface area is 131 Å². The highest BCUT2D eigenvalue weighted by Crippen LogP contribution is 2.11. The van der Waals surface area contributed by atoms with Gasteiger partial charge in [0.2, 0.25) is 6.10 Å². The van der Waals surface area contributed by atoms with Crippen molar-refractivity contribution in [2.45, 2.75) is 77.9 Å². The van der Waals surface area contributed by atoms with Gasteiger partial charge in [-0.25, -0.2) is 4.79 Å². The fraction of sp³-hybridized carbons (Fsp3) is 0.750. The lowest BCUT2D eigenvalue weighted by molar-refractivity contribution is -0.165. The van der Waals surface area contributed by atoms with Crippen LogP contribution in [0, 0.1) is 0 Å². The molecular weight excluding hydrogens is 288 g/mol. The normalized spacial score (nSPS) is 13.3. The second-order valence-electron chi connectivity index (χ2n) is 5.62. The zero-order valence-corrected chi connectivity index (χ0v) is 13.7. The summed E-state index contributed by atoms with van der Waals surface area (Å²) >= 11 is 0. The second kappa shape index (κ2) is 11.2. The number of allylic oxidation sites excluding steroid dienone is 1. The van der Waals surface area contributed by atoms with Crippen molar-refractivity contribution in [1.82, 2.24) is 0 Å². The molecule has 0 spiro atoms. The van der Waals surface area contributed by atoms with Crippen molar-refractivity contribution in [1.29, 1.82) is 0 Å². The van der Waals surface area contributed by atoms with Gasteiger partial charge in [0.1, 0.15) is 5.76 Å². The molecule has 128 valence electrons. The van der Waals surface area contributed by atoms with E-state index in [1.165, 1.54) is 13.8 Å². The highest BCUT2D eigenvalue weighted by molar-refractivity contribution is 5.89. The maximum Gasteiger partial charge on any atom is 0.350 e. The van der Waals surface area contributed by atoms with Gasteiger partial charge in [-0.3, -0.25) is 4.79 Å². The van der Waals surface area contributed by atoms with E-state index < -0.39 is 29.9 Å². The van der Waals surface area contributed by atoms with Crippen LogP contribution in [-0.4, -0.2) is 39.5 Å². The SMILES string of the molecule is CCCCCC(O)CCCC(=O)OC(=O)C(O)C(O)=C(C)C. The molecule has 0 aliphatic carbocycles. The van der Waals surface area contributed by atoms with Crippen LogP contribution in [0.5, 0.6) is 0 Å². The van der Waals surface area contributed by atoms with Crippen molar-refractivity contribution in [3.63, 3.8) is 0 Å². The molecule has 0 aromatic heterocycles. The Morgan fingerprint density at radius 1 is 1.05 bits per heavy atom. The zero-order valence-electron chi connectivity index (χ0n) is 13.7. The third-order valence-electron chi connectivity index (χ3n) is 3.27. The van der Waals surface area contributed by atoms with Gasteiger partial charge in [-0.1, -0.05) is 26.2 Å². The van der Waals surface area contributed by atoms with Crippen LogP contribution < -0.4 is 0 Å². The van der Waals surface area contributed by atoms with Gasteiger partial charge in [-0.2, -0.15) is 0 Å². The molecule has 0 radical (unpaired) electrons. The Hall–Kier alpha value is -1.40. The van der Waals surface area contributed by atoms with Crippen LogP contribution >= 0.6 is 0 Å². The number of hydrogen-bond donors (Lipinski definition) is 3. The Kier molecular flexibility index (Phi) is 10.5. The Balaban J connectivity index is 4.00. The maximum absolute atomic E-state index is 11.5. The van der Waals surface area contributed by atoms with Crippen LogP contribution in [0.3, 0.4) is 0 Å². The number of ether oxygens (including phenoxy) is 1. The molecule has 0 aromatic carbocycles. The van der Waals surface area contributed by atoms with Crippen molar-refractivity contribution in [3.05, 3.63) is 11.3 Å². The van der Waals surface area contributed by atoms with E-state index in [0.29, 0.717) is 24.8 Å². The van der Waals surface area contributed by atoms with Gasteiger partial charge in [0.05, 0.1) is 6.10 Å². The van der Waals surface area contributed by atoms with Gasteiger partial charge in [0.25, 0.3) is 0 Å². The first-order valence-electron chi connectivity index (χ1n) is 7.76. The number of esters is 2. The molecule has 0 aromatic rings. The van der Waals surface area contributed by atoms with E-state index in [-0.39, 0.29) is 6.42 Å². The van der Waals surface area contributed by atoms with Crippen LogP contribution in [0.4, 0.5) is 0 Å². The Morgan fingerprint density at radius 3 is 2.18 bits per heavy atom. The third kappa shape index (κ3) is 8.79. The van der Waals surface area contributed by atoms with Crippen molar-refractivity contribution in [2.75, 3.05) is 0 Å². The summed E-state index contributed by atoms with van der Waals surface area (Å²) in [4.78, 5) is 22.9. The molecule has 2 atom stereocenters. The van der Waals surface area contributed by atoms with Crippen molar-refractivity contribution < 1.29 is 29.6 Å². The molecule has 0 saturated heterocycles. The summed E-state index contributed by atoms with van der Waals surface area (Å²) in [6, 6.07) is 0. The van der Waals surface area contributed by atoms with Crippen molar-refractivity contribution in [2.24, 2.45) is 0 Å². The first kappa shape index (κ1) is 20.6. The van der Waals surface area contributed by atoms with Gasteiger partial charge >= 0.3 is 11.9 Å². The lowest BCUT2D eigenvalue weighted by Gasteiger charge is -2.11. The number of aliphatic hydroxyl groups is 3.